The van der Waals surface area contributed by atoms with E-state index in [1.165, 1.54) is 0 Å². The number of anilines is 3. The molecule has 0 amide bonds. The molecule has 0 aromatic heterocycles. The van der Waals surface area contributed by atoms with Crippen LogP contribution in [0.25, 0.3) is 0 Å². The second kappa shape index (κ2) is 10.4. The molecule has 5 heteroatoms. The highest BCUT2D eigenvalue weighted by Crippen LogP contribution is 2.47. The summed E-state index contributed by atoms with van der Waals surface area (Å²) in [6, 6.07) is 33.2. The molecule has 0 fully saturated rings. The van der Waals surface area contributed by atoms with Crippen LogP contribution in [0.4, 0.5) is 17.1 Å². The summed E-state index contributed by atoms with van der Waals surface area (Å²) in [5.41, 5.74) is 22.7. The first kappa shape index (κ1) is 25.0. The fourth-order valence-electron chi connectivity index (χ4n) is 5.05. The van der Waals surface area contributed by atoms with Crippen LogP contribution in [-0.2, 0) is 5.41 Å². The molecule has 5 nitrogen and oxygen atoms in total. The molecular formula is C33H33N3O2. The SMILES string of the molecule is CC(C)C1=C(Oc2cccc(N)c2)C(Oc2cccc(N)c2)C(c2ccccc2)(c2ccc(N)cc2)C=C1. The molecule has 1 aliphatic carbocycles. The smallest absolute Gasteiger partial charge is 0.173 e. The van der Waals surface area contributed by atoms with Crippen molar-refractivity contribution in [2.45, 2.75) is 25.4 Å². The van der Waals surface area contributed by atoms with E-state index in [-0.39, 0.29) is 5.92 Å². The Labute approximate surface area is 224 Å². The van der Waals surface area contributed by atoms with Gasteiger partial charge in [0.2, 0.25) is 0 Å². The lowest BCUT2D eigenvalue weighted by atomic mass is 9.66. The van der Waals surface area contributed by atoms with Gasteiger partial charge >= 0.3 is 0 Å². The number of hydrogen-bond donors (Lipinski definition) is 3. The minimum atomic E-state index is -0.729. The van der Waals surface area contributed by atoms with E-state index in [9.17, 15) is 0 Å². The number of rotatable bonds is 7. The van der Waals surface area contributed by atoms with Crippen LogP contribution >= 0.6 is 0 Å². The van der Waals surface area contributed by atoms with Gasteiger partial charge in [0.05, 0.1) is 5.41 Å². The van der Waals surface area contributed by atoms with Crippen molar-refractivity contribution in [1.82, 2.24) is 0 Å². The van der Waals surface area contributed by atoms with Crippen LogP contribution < -0.4 is 26.7 Å². The van der Waals surface area contributed by atoms with E-state index >= 15 is 0 Å². The quantitative estimate of drug-likeness (QED) is 0.243. The zero-order valence-corrected chi connectivity index (χ0v) is 21.7. The van der Waals surface area contributed by atoms with Crippen molar-refractivity contribution in [3.05, 3.63) is 138 Å². The zero-order chi connectivity index (χ0) is 26.7. The molecule has 2 unspecified atom stereocenters. The van der Waals surface area contributed by atoms with Gasteiger partial charge < -0.3 is 26.7 Å². The zero-order valence-electron chi connectivity index (χ0n) is 21.7. The molecule has 4 aromatic rings. The molecule has 38 heavy (non-hydrogen) atoms. The number of benzene rings is 4. The number of nitrogens with two attached hydrogens (primary N) is 3. The summed E-state index contributed by atoms with van der Waals surface area (Å²) < 4.78 is 13.6. The molecule has 5 rings (SSSR count). The minimum Gasteiger partial charge on any atom is -0.481 e. The van der Waals surface area contributed by atoms with Gasteiger partial charge in [0.1, 0.15) is 17.3 Å². The number of allylic oxidation sites excluding steroid dienone is 2. The highest BCUT2D eigenvalue weighted by Gasteiger charge is 2.48. The maximum Gasteiger partial charge on any atom is 0.173 e. The monoisotopic (exact) mass is 503 g/mol. The molecule has 0 heterocycles. The van der Waals surface area contributed by atoms with Crippen LogP contribution in [0.2, 0.25) is 0 Å². The summed E-state index contributed by atoms with van der Waals surface area (Å²) in [6.45, 7) is 4.30. The van der Waals surface area contributed by atoms with Crippen LogP contribution in [0.5, 0.6) is 11.5 Å². The van der Waals surface area contributed by atoms with Gasteiger partial charge in [0.15, 0.2) is 6.10 Å². The molecular weight excluding hydrogens is 470 g/mol. The van der Waals surface area contributed by atoms with Gasteiger partial charge in [-0.1, -0.05) is 80.6 Å². The lowest BCUT2D eigenvalue weighted by Crippen LogP contribution is -2.47. The molecule has 0 saturated heterocycles. The fraction of sp³-hybridized carbons (Fsp3) is 0.152. The molecule has 0 radical (unpaired) electrons. The standard InChI is InChI=1S/C33H33N3O2/c1-22(2)30-18-19-33(23-8-4-3-5-9-23,24-14-16-25(34)17-15-24)32(38-29-13-7-11-27(36)21-29)31(30)37-28-12-6-10-26(35)20-28/h3-22,32H,34-36H2,1-2H3. The first-order valence-electron chi connectivity index (χ1n) is 12.8. The molecule has 0 saturated carbocycles. The maximum atomic E-state index is 6.91. The van der Waals surface area contributed by atoms with E-state index in [1.807, 2.05) is 78.9 Å². The predicted octanol–water partition coefficient (Wildman–Crippen LogP) is 6.73. The molecule has 6 N–H and O–H groups in total. The van der Waals surface area contributed by atoms with Gasteiger partial charge in [0, 0.05) is 29.2 Å². The average molecular weight is 504 g/mol. The van der Waals surface area contributed by atoms with Crippen LogP contribution in [-0.4, -0.2) is 6.10 Å². The van der Waals surface area contributed by atoms with E-state index in [2.05, 4.69) is 50.3 Å². The predicted molar refractivity (Wildman–Crippen MR) is 156 cm³/mol. The van der Waals surface area contributed by atoms with Crippen LogP contribution in [0.1, 0.15) is 25.0 Å². The third kappa shape index (κ3) is 4.83. The van der Waals surface area contributed by atoms with Crippen molar-refractivity contribution in [3.63, 3.8) is 0 Å². The highest BCUT2D eigenvalue weighted by atomic mass is 16.5. The van der Waals surface area contributed by atoms with Crippen molar-refractivity contribution >= 4 is 17.1 Å². The van der Waals surface area contributed by atoms with Gasteiger partial charge in [-0.05, 0) is 59.0 Å². The Bertz CT molecular complexity index is 1480. The van der Waals surface area contributed by atoms with Gasteiger partial charge in [-0.15, -0.1) is 0 Å². The van der Waals surface area contributed by atoms with Crippen LogP contribution in [0, 0.1) is 5.92 Å². The second-order valence-electron chi connectivity index (χ2n) is 9.91. The van der Waals surface area contributed by atoms with Crippen LogP contribution in [0.3, 0.4) is 0 Å². The molecule has 0 spiro atoms. The average Bonchev–Trinajstić information content (AvgIpc) is 2.90. The van der Waals surface area contributed by atoms with Crippen molar-refractivity contribution < 1.29 is 9.47 Å². The van der Waals surface area contributed by atoms with Gasteiger partial charge in [-0.2, -0.15) is 0 Å². The molecule has 1 aliphatic rings. The Balaban J connectivity index is 1.78. The van der Waals surface area contributed by atoms with Crippen molar-refractivity contribution in [2.24, 2.45) is 5.92 Å². The Kier molecular flexibility index (Phi) is 6.84. The second-order valence-corrected chi connectivity index (χ2v) is 9.91. The highest BCUT2D eigenvalue weighted by molar-refractivity contribution is 5.57. The lowest BCUT2D eigenvalue weighted by Gasteiger charge is -2.43. The Morgan fingerprint density at radius 3 is 1.89 bits per heavy atom. The normalized spacial score (nSPS) is 19.0. The summed E-state index contributed by atoms with van der Waals surface area (Å²) in [5.74, 6) is 2.19. The van der Waals surface area contributed by atoms with E-state index in [0.717, 1.165) is 22.5 Å². The van der Waals surface area contributed by atoms with E-state index in [1.54, 1.807) is 0 Å². The first-order valence-corrected chi connectivity index (χ1v) is 12.8. The van der Waals surface area contributed by atoms with Gasteiger partial charge in [-0.25, -0.2) is 0 Å². The Morgan fingerprint density at radius 2 is 1.26 bits per heavy atom. The minimum absolute atomic E-state index is 0.175. The molecule has 0 bridgehead atoms. The number of hydrogen-bond acceptors (Lipinski definition) is 5. The molecule has 0 aliphatic heterocycles. The summed E-state index contributed by atoms with van der Waals surface area (Å²) in [6.07, 6.45) is 3.82. The third-order valence-corrected chi connectivity index (χ3v) is 6.92. The van der Waals surface area contributed by atoms with Crippen LogP contribution in [0.15, 0.2) is 127 Å². The lowest BCUT2D eigenvalue weighted by molar-refractivity contribution is 0.134. The van der Waals surface area contributed by atoms with Crippen molar-refractivity contribution in [3.8, 4) is 11.5 Å². The fourth-order valence-corrected chi connectivity index (χ4v) is 5.05. The summed E-state index contributed by atoms with van der Waals surface area (Å²) in [7, 11) is 0. The van der Waals surface area contributed by atoms with Crippen molar-refractivity contribution in [2.75, 3.05) is 17.2 Å². The van der Waals surface area contributed by atoms with E-state index in [4.69, 9.17) is 26.7 Å². The summed E-state index contributed by atoms with van der Waals surface area (Å²) in [4.78, 5) is 0. The van der Waals surface area contributed by atoms with E-state index < -0.39 is 11.5 Å². The Hall–Kier alpha value is -4.64. The van der Waals surface area contributed by atoms with Gasteiger partial charge in [-0.3, -0.25) is 0 Å². The molecule has 192 valence electrons. The molecule has 4 aromatic carbocycles. The topological polar surface area (TPSA) is 96.5 Å². The summed E-state index contributed by atoms with van der Waals surface area (Å²) >= 11 is 0. The van der Waals surface area contributed by atoms with Crippen molar-refractivity contribution in [1.29, 1.82) is 0 Å². The maximum absolute atomic E-state index is 6.91. The third-order valence-electron chi connectivity index (χ3n) is 6.92. The number of nitrogen functional groups attached to an aromatic ring is 3. The summed E-state index contributed by atoms with van der Waals surface area (Å²) in [5, 5.41) is 0. The largest absolute Gasteiger partial charge is 0.481 e. The van der Waals surface area contributed by atoms with Gasteiger partial charge in [0.25, 0.3) is 0 Å². The first-order chi connectivity index (χ1) is 18.4. The Morgan fingerprint density at radius 1 is 0.658 bits per heavy atom. The number of ether oxygens (including phenoxy) is 2. The molecule has 2 atom stereocenters. The van der Waals surface area contributed by atoms with E-state index in [0.29, 0.717) is 28.6 Å².